The second kappa shape index (κ2) is 5.04. The SMILES string of the molecule is CCOC(=O)c1cc(C(=O)OC)ncn1. The molecule has 0 unspecified atom stereocenters. The van der Waals surface area contributed by atoms with Crippen molar-refractivity contribution in [3.05, 3.63) is 23.8 Å². The van der Waals surface area contributed by atoms with Crippen LogP contribution in [0.4, 0.5) is 0 Å². The normalized spacial score (nSPS) is 9.47. The second-order valence-corrected chi connectivity index (χ2v) is 2.50. The van der Waals surface area contributed by atoms with Crippen molar-refractivity contribution >= 4 is 11.9 Å². The fraction of sp³-hybridized carbons (Fsp3) is 0.333. The number of ether oxygens (including phenoxy) is 2. The lowest BCUT2D eigenvalue weighted by Crippen LogP contribution is -2.11. The van der Waals surface area contributed by atoms with Gasteiger partial charge in [0.15, 0.2) is 11.4 Å². The molecule has 1 aromatic rings. The van der Waals surface area contributed by atoms with E-state index >= 15 is 0 Å². The smallest absolute Gasteiger partial charge is 0.357 e. The summed E-state index contributed by atoms with van der Waals surface area (Å²) < 4.78 is 9.16. The highest BCUT2D eigenvalue weighted by atomic mass is 16.5. The summed E-state index contributed by atoms with van der Waals surface area (Å²) in [5, 5.41) is 0. The van der Waals surface area contributed by atoms with Crippen LogP contribution in [-0.4, -0.2) is 35.6 Å². The zero-order valence-corrected chi connectivity index (χ0v) is 8.39. The number of hydrogen-bond donors (Lipinski definition) is 0. The third-order valence-corrected chi connectivity index (χ3v) is 1.55. The van der Waals surface area contributed by atoms with Gasteiger partial charge in [0.1, 0.15) is 6.33 Å². The van der Waals surface area contributed by atoms with Crippen LogP contribution in [-0.2, 0) is 9.47 Å². The van der Waals surface area contributed by atoms with Gasteiger partial charge in [0.2, 0.25) is 0 Å². The Bertz CT molecular complexity index is 378. The third kappa shape index (κ3) is 2.73. The van der Waals surface area contributed by atoms with E-state index < -0.39 is 11.9 Å². The van der Waals surface area contributed by atoms with Crippen LogP contribution in [0.5, 0.6) is 0 Å². The number of methoxy groups -OCH3 is 1. The first-order valence-electron chi connectivity index (χ1n) is 4.26. The maximum absolute atomic E-state index is 11.2. The molecule has 0 spiro atoms. The topological polar surface area (TPSA) is 78.4 Å². The van der Waals surface area contributed by atoms with E-state index in [1.807, 2.05) is 0 Å². The summed E-state index contributed by atoms with van der Waals surface area (Å²) >= 11 is 0. The molecule has 1 rings (SSSR count). The molecule has 0 radical (unpaired) electrons. The number of nitrogens with zero attached hydrogens (tertiary/aromatic N) is 2. The van der Waals surface area contributed by atoms with Gasteiger partial charge >= 0.3 is 11.9 Å². The molecule has 0 aromatic carbocycles. The van der Waals surface area contributed by atoms with Gasteiger partial charge in [0.05, 0.1) is 13.7 Å². The first-order chi connectivity index (χ1) is 7.19. The van der Waals surface area contributed by atoms with Crippen molar-refractivity contribution < 1.29 is 19.1 Å². The molecule has 0 aliphatic carbocycles. The van der Waals surface area contributed by atoms with Crippen molar-refractivity contribution in [2.75, 3.05) is 13.7 Å². The molecular weight excluding hydrogens is 200 g/mol. The summed E-state index contributed by atoms with van der Waals surface area (Å²) in [4.78, 5) is 29.7. The molecule has 80 valence electrons. The molecule has 0 saturated carbocycles. The minimum absolute atomic E-state index is 0.0237. The number of hydrogen-bond acceptors (Lipinski definition) is 6. The van der Waals surface area contributed by atoms with E-state index in [1.165, 1.54) is 13.2 Å². The Kier molecular flexibility index (Phi) is 3.73. The summed E-state index contributed by atoms with van der Waals surface area (Å²) in [5.41, 5.74) is 0.0582. The zero-order valence-electron chi connectivity index (χ0n) is 8.39. The van der Waals surface area contributed by atoms with Gasteiger partial charge in [-0.3, -0.25) is 0 Å². The third-order valence-electron chi connectivity index (χ3n) is 1.55. The molecule has 0 bridgehead atoms. The molecule has 0 amide bonds. The van der Waals surface area contributed by atoms with E-state index in [1.54, 1.807) is 6.92 Å². The van der Waals surface area contributed by atoms with Crippen molar-refractivity contribution in [1.82, 2.24) is 9.97 Å². The van der Waals surface area contributed by atoms with Crippen molar-refractivity contribution in [3.8, 4) is 0 Å². The Morgan fingerprint density at radius 2 is 1.87 bits per heavy atom. The van der Waals surface area contributed by atoms with Crippen molar-refractivity contribution in [2.45, 2.75) is 6.92 Å². The van der Waals surface area contributed by atoms with Gasteiger partial charge < -0.3 is 9.47 Å². The molecule has 0 aliphatic heterocycles. The van der Waals surface area contributed by atoms with E-state index in [4.69, 9.17) is 4.74 Å². The highest BCUT2D eigenvalue weighted by Gasteiger charge is 2.13. The van der Waals surface area contributed by atoms with Crippen molar-refractivity contribution in [3.63, 3.8) is 0 Å². The van der Waals surface area contributed by atoms with E-state index in [0.717, 1.165) is 6.33 Å². The molecule has 1 aromatic heterocycles. The lowest BCUT2D eigenvalue weighted by Gasteiger charge is -2.01. The van der Waals surface area contributed by atoms with Crippen LogP contribution in [0.1, 0.15) is 27.9 Å². The van der Waals surface area contributed by atoms with Gasteiger partial charge in [0.25, 0.3) is 0 Å². The number of carbonyl (C=O) groups is 2. The average molecular weight is 210 g/mol. The van der Waals surface area contributed by atoms with Crippen LogP contribution in [0.3, 0.4) is 0 Å². The van der Waals surface area contributed by atoms with Crippen molar-refractivity contribution in [1.29, 1.82) is 0 Å². The number of carbonyl (C=O) groups excluding carboxylic acids is 2. The Balaban J connectivity index is 2.92. The summed E-state index contributed by atoms with van der Waals surface area (Å²) in [7, 11) is 1.23. The first-order valence-corrected chi connectivity index (χ1v) is 4.26. The molecular formula is C9H10N2O4. The molecule has 0 fully saturated rings. The summed E-state index contributed by atoms with van der Waals surface area (Å²) in [6.45, 7) is 1.93. The maximum Gasteiger partial charge on any atom is 0.357 e. The largest absolute Gasteiger partial charge is 0.464 e. The predicted octanol–water partition coefficient (Wildman–Crippen LogP) is 0.440. The quantitative estimate of drug-likeness (QED) is 0.673. The standard InChI is InChI=1S/C9H10N2O4/c1-3-15-9(13)7-4-6(8(12)14-2)10-5-11-7/h4-5H,3H2,1-2H3. The number of aromatic nitrogens is 2. The van der Waals surface area contributed by atoms with E-state index in [-0.39, 0.29) is 18.0 Å². The molecule has 1 heterocycles. The van der Waals surface area contributed by atoms with Gasteiger partial charge in [-0.1, -0.05) is 0 Å². The van der Waals surface area contributed by atoms with E-state index in [2.05, 4.69) is 14.7 Å². The van der Waals surface area contributed by atoms with Crippen molar-refractivity contribution in [2.24, 2.45) is 0 Å². The van der Waals surface area contributed by atoms with Crippen LogP contribution in [0.15, 0.2) is 12.4 Å². The van der Waals surface area contributed by atoms with Gasteiger partial charge in [0, 0.05) is 6.07 Å². The van der Waals surface area contributed by atoms with Crippen LogP contribution in [0.25, 0.3) is 0 Å². The zero-order chi connectivity index (χ0) is 11.3. The molecule has 0 aliphatic rings. The summed E-state index contributed by atoms with van der Waals surface area (Å²) in [6, 6.07) is 1.23. The molecule has 6 heteroatoms. The lowest BCUT2D eigenvalue weighted by molar-refractivity contribution is 0.0519. The highest BCUT2D eigenvalue weighted by Crippen LogP contribution is 2.01. The van der Waals surface area contributed by atoms with E-state index in [0.29, 0.717) is 0 Å². The minimum Gasteiger partial charge on any atom is -0.464 e. The highest BCUT2D eigenvalue weighted by molar-refractivity contribution is 5.92. The van der Waals surface area contributed by atoms with Gasteiger partial charge in [-0.05, 0) is 6.92 Å². The fourth-order valence-corrected chi connectivity index (χ4v) is 0.890. The summed E-state index contributed by atoms with van der Waals surface area (Å²) in [6.07, 6.45) is 1.11. The second-order valence-electron chi connectivity index (χ2n) is 2.50. The van der Waals surface area contributed by atoms with E-state index in [9.17, 15) is 9.59 Å². The van der Waals surface area contributed by atoms with Gasteiger partial charge in [-0.25, -0.2) is 19.6 Å². The van der Waals surface area contributed by atoms with Gasteiger partial charge in [-0.15, -0.1) is 0 Å². The first kappa shape index (κ1) is 11.1. The van der Waals surface area contributed by atoms with Crippen LogP contribution in [0, 0.1) is 0 Å². The van der Waals surface area contributed by atoms with Crippen LogP contribution < -0.4 is 0 Å². The minimum atomic E-state index is -0.622. The molecule has 6 nitrogen and oxygen atoms in total. The monoisotopic (exact) mass is 210 g/mol. The fourth-order valence-electron chi connectivity index (χ4n) is 0.890. The Hall–Kier alpha value is -1.98. The number of esters is 2. The Labute approximate surface area is 86.2 Å². The van der Waals surface area contributed by atoms with Crippen LogP contribution in [0.2, 0.25) is 0 Å². The number of rotatable bonds is 3. The molecule has 15 heavy (non-hydrogen) atoms. The maximum atomic E-state index is 11.2. The Morgan fingerprint density at radius 1 is 1.27 bits per heavy atom. The van der Waals surface area contributed by atoms with Gasteiger partial charge in [-0.2, -0.15) is 0 Å². The molecule has 0 atom stereocenters. The lowest BCUT2D eigenvalue weighted by atomic mass is 10.3. The Morgan fingerprint density at radius 3 is 2.40 bits per heavy atom. The average Bonchev–Trinajstić information content (AvgIpc) is 2.28. The predicted molar refractivity (Wildman–Crippen MR) is 49.3 cm³/mol. The molecule has 0 N–H and O–H groups in total. The van der Waals surface area contributed by atoms with Crippen LogP contribution >= 0.6 is 0 Å². The summed E-state index contributed by atoms with van der Waals surface area (Å²) in [5.74, 6) is -1.21. The molecule has 0 saturated heterocycles.